The van der Waals surface area contributed by atoms with Gasteiger partial charge in [-0.25, -0.2) is 4.79 Å². The quantitative estimate of drug-likeness (QED) is 0.837. The molecule has 27 heavy (non-hydrogen) atoms. The summed E-state index contributed by atoms with van der Waals surface area (Å²) in [6.07, 6.45) is 1.86. The minimum atomic E-state index is -0.483. The maximum Gasteiger partial charge on any atom is 0.322 e. The van der Waals surface area contributed by atoms with Crippen molar-refractivity contribution < 1.29 is 14.3 Å². The number of halogens is 1. The second kappa shape index (κ2) is 8.76. The molecule has 0 saturated carbocycles. The molecule has 146 valence electrons. The molecular formula is C20H26ClN3O3. The van der Waals surface area contributed by atoms with Crippen molar-refractivity contribution in [1.82, 2.24) is 15.1 Å². The Morgan fingerprint density at radius 1 is 1.26 bits per heavy atom. The summed E-state index contributed by atoms with van der Waals surface area (Å²) < 4.78 is 5.38. The Labute approximate surface area is 165 Å². The van der Waals surface area contributed by atoms with Gasteiger partial charge >= 0.3 is 6.03 Å². The van der Waals surface area contributed by atoms with Gasteiger partial charge in [-0.2, -0.15) is 0 Å². The average Bonchev–Trinajstić information content (AvgIpc) is 2.68. The van der Waals surface area contributed by atoms with E-state index in [4.69, 9.17) is 16.3 Å². The minimum absolute atomic E-state index is 0.0442. The van der Waals surface area contributed by atoms with Crippen LogP contribution in [0.1, 0.15) is 38.3 Å². The molecule has 2 heterocycles. The summed E-state index contributed by atoms with van der Waals surface area (Å²) in [6.45, 7) is 6.74. The van der Waals surface area contributed by atoms with Gasteiger partial charge in [0, 0.05) is 30.4 Å². The summed E-state index contributed by atoms with van der Waals surface area (Å²) in [5.41, 5.74) is 2.19. The van der Waals surface area contributed by atoms with Crippen molar-refractivity contribution in [3.05, 3.63) is 46.1 Å². The number of morpholine rings is 1. The van der Waals surface area contributed by atoms with Gasteiger partial charge in [0.2, 0.25) is 0 Å². The van der Waals surface area contributed by atoms with Gasteiger partial charge in [0.1, 0.15) is 0 Å². The topological polar surface area (TPSA) is 61.9 Å². The number of benzene rings is 1. The van der Waals surface area contributed by atoms with Crippen LogP contribution in [0.3, 0.4) is 0 Å². The van der Waals surface area contributed by atoms with Crippen molar-refractivity contribution in [3.63, 3.8) is 0 Å². The van der Waals surface area contributed by atoms with Gasteiger partial charge in [-0.1, -0.05) is 37.1 Å². The molecule has 3 rings (SSSR count). The first-order valence-electron chi connectivity index (χ1n) is 9.44. The van der Waals surface area contributed by atoms with E-state index >= 15 is 0 Å². The maximum absolute atomic E-state index is 13.3. The zero-order valence-corrected chi connectivity index (χ0v) is 16.6. The van der Waals surface area contributed by atoms with Gasteiger partial charge in [0.25, 0.3) is 5.91 Å². The highest BCUT2D eigenvalue weighted by molar-refractivity contribution is 6.30. The lowest BCUT2D eigenvalue weighted by Gasteiger charge is -2.38. The number of allylic oxidation sites excluding steroid dienone is 1. The van der Waals surface area contributed by atoms with E-state index in [-0.39, 0.29) is 11.9 Å². The van der Waals surface area contributed by atoms with Gasteiger partial charge in [0.05, 0.1) is 24.8 Å². The Hall–Kier alpha value is -2.05. The molecule has 2 aliphatic rings. The Morgan fingerprint density at radius 2 is 1.93 bits per heavy atom. The van der Waals surface area contributed by atoms with E-state index in [1.807, 2.05) is 19.1 Å². The number of nitrogens with one attached hydrogen (secondary N) is 1. The van der Waals surface area contributed by atoms with Crippen LogP contribution in [0.15, 0.2) is 35.5 Å². The molecule has 3 amide bonds. The molecule has 0 bridgehead atoms. The van der Waals surface area contributed by atoms with E-state index in [2.05, 4.69) is 12.2 Å². The summed E-state index contributed by atoms with van der Waals surface area (Å²) >= 11 is 6.01. The van der Waals surface area contributed by atoms with Gasteiger partial charge in [-0.3, -0.25) is 9.69 Å². The fourth-order valence-corrected chi connectivity index (χ4v) is 3.61. The lowest BCUT2D eigenvalue weighted by Crippen LogP contribution is -2.51. The molecule has 2 aliphatic heterocycles. The van der Waals surface area contributed by atoms with Crippen molar-refractivity contribution in [3.8, 4) is 0 Å². The number of urea groups is 1. The van der Waals surface area contributed by atoms with Crippen LogP contribution in [0, 0.1) is 0 Å². The summed E-state index contributed by atoms with van der Waals surface area (Å²) in [5.74, 6) is -0.0442. The van der Waals surface area contributed by atoms with Crippen molar-refractivity contribution in [1.29, 1.82) is 0 Å². The molecule has 6 nitrogen and oxygen atoms in total. The molecule has 1 aromatic rings. The molecule has 1 atom stereocenters. The summed E-state index contributed by atoms with van der Waals surface area (Å²) in [4.78, 5) is 29.6. The third kappa shape index (κ3) is 4.28. The Bertz CT molecular complexity index is 726. The van der Waals surface area contributed by atoms with Gasteiger partial charge in [-0.05, 0) is 31.0 Å². The summed E-state index contributed by atoms with van der Waals surface area (Å²) in [5, 5.41) is 3.64. The number of hydrogen-bond acceptors (Lipinski definition) is 3. The van der Waals surface area contributed by atoms with E-state index in [1.54, 1.807) is 21.9 Å². The summed E-state index contributed by atoms with van der Waals surface area (Å²) in [6, 6.07) is 6.61. The number of nitrogens with zero attached hydrogens (tertiary/aromatic N) is 2. The second-order valence-electron chi connectivity index (χ2n) is 6.84. The molecule has 1 saturated heterocycles. The van der Waals surface area contributed by atoms with E-state index in [1.165, 1.54) is 0 Å². The first-order valence-corrected chi connectivity index (χ1v) is 9.82. The smallest absolute Gasteiger partial charge is 0.322 e. The molecule has 0 unspecified atom stereocenters. The van der Waals surface area contributed by atoms with Gasteiger partial charge < -0.3 is 15.0 Å². The fourth-order valence-electron chi connectivity index (χ4n) is 3.49. The van der Waals surface area contributed by atoms with E-state index in [0.717, 1.165) is 24.1 Å². The van der Waals surface area contributed by atoms with Gasteiger partial charge in [-0.15, -0.1) is 0 Å². The number of carbonyl (C=O) groups excluding carboxylic acids is 2. The molecule has 0 radical (unpaired) electrons. The number of amides is 3. The zero-order valence-electron chi connectivity index (χ0n) is 15.8. The van der Waals surface area contributed by atoms with Crippen LogP contribution >= 0.6 is 11.6 Å². The lowest BCUT2D eigenvalue weighted by molar-refractivity contribution is -0.131. The van der Waals surface area contributed by atoms with Crippen LogP contribution in [0.2, 0.25) is 5.02 Å². The van der Waals surface area contributed by atoms with Crippen LogP contribution in [0.25, 0.3) is 0 Å². The van der Waals surface area contributed by atoms with Crippen LogP contribution in [-0.4, -0.2) is 54.6 Å². The molecule has 1 fully saturated rings. The van der Waals surface area contributed by atoms with Crippen LogP contribution in [0.5, 0.6) is 0 Å². The lowest BCUT2D eigenvalue weighted by atomic mass is 9.93. The Morgan fingerprint density at radius 3 is 2.56 bits per heavy atom. The highest BCUT2D eigenvalue weighted by Gasteiger charge is 2.37. The SMILES string of the molecule is CCCCN1C(=O)N[C@@H](c2ccc(Cl)cc2)C(C(=O)N2CCOCC2)=C1C. The maximum atomic E-state index is 13.3. The largest absolute Gasteiger partial charge is 0.378 e. The normalized spacial score (nSPS) is 20.7. The molecule has 7 heteroatoms. The average molecular weight is 392 g/mol. The van der Waals surface area contributed by atoms with Crippen LogP contribution in [0.4, 0.5) is 4.79 Å². The summed E-state index contributed by atoms with van der Waals surface area (Å²) in [7, 11) is 0. The third-order valence-electron chi connectivity index (χ3n) is 5.06. The highest BCUT2D eigenvalue weighted by Crippen LogP contribution is 2.32. The number of unbranched alkanes of at least 4 members (excludes halogenated alkanes) is 1. The molecular weight excluding hydrogens is 366 g/mol. The first kappa shape index (κ1) is 19.7. The van der Waals surface area contributed by atoms with Crippen molar-refractivity contribution in [2.24, 2.45) is 0 Å². The Balaban J connectivity index is 2.00. The second-order valence-corrected chi connectivity index (χ2v) is 7.28. The predicted molar refractivity (Wildman–Crippen MR) is 104 cm³/mol. The molecule has 0 spiro atoms. The van der Waals surface area contributed by atoms with Crippen LogP contribution < -0.4 is 5.32 Å². The van der Waals surface area contributed by atoms with Gasteiger partial charge in [0.15, 0.2) is 0 Å². The van der Waals surface area contributed by atoms with E-state index < -0.39 is 6.04 Å². The van der Waals surface area contributed by atoms with Crippen molar-refractivity contribution in [2.75, 3.05) is 32.8 Å². The number of ether oxygens (including phenoxy) is 1. The number of hydrogen-bond donors (Lipinski definition) is 1. The molecule has 1 N–H and O–H groups in total. The molecule has 1 aromatic carbocycles. The standard InChI is InChI=1S/C20H26ClN3O3/c1-3-4-9-24-14(2)17(19(25)23-10-12-27-13-11-23)18(22-20(24)26)15-5-7-16(21)8-6-15/h5-8,18H,3-4,9-13H2,1-2H3,(H,22,26)/t18-/m0/s1. The van der Waals surface area contributed by atoms with Crippen LogP contribution in [-0.2, 0) is 9.53 Å². The minimum Gasteiger partial charge on any atom is -0.378 e. The zero-order chi connectivity index (χ0) is 19.4. The first-order chi connectivity index (χ1) is 13.0. The van der Waals surface area contributed by atoms with E-state index in [0.29, 0.717) is 43.4 Å². The fraction of sp³-hybridized carbons (Fsp3) is 0.500. The molecule has 0 aliphatic carbocycles. The number of rotatable bonds is 5. The predicted octanol–water partition coefficient (Wildman–Crippen LogP) is 3.34. The van der Waals surface area contributed by atoms with Crippen molar-refractivity contribution >= 4 is 23.5 Å². The highest BCUT2D eigenvalue weighted by atomic mass is 35.5. The monoisotopic (exact) mass is 391 g/mol. The third-order valence-corrected chi connectivity index (χ3v) is 5.32. The molecule has 0 aromatic heterocycles. The van der Waals surface area contributed by atoms with Crippen molar-refractivity contribution in [2.45, 2.75) is 32.7 Å². The number of carbonyl (C=O) groups is 2. The Kier molecular flexibility index (Phi) is 6.39. The van der Waals surface area contributed by atoms with E-state index in [9.17, 15) is 9.59 Å².